The standard InChI is InChI=1S/C13H16BrFN2O/c1-13(2)12(18)17(6-5-16-13)8-9-3-4-11(15)10(14)7-9/h3-4,7,16H,5-6,8H2,1-2H3. The Morgan fingerprint density at radius 3 is 2.89 bits per heavy atom. The molecule has 0 saturated carbocycles. The molecule has 2 rings (SSSR count). The van der Waals surface area contributed by atoms with Gasteiger partial charge in [0, 0.05) is 19.6 Å². The molecule has 5 heteroatoms. The molecule has 1 amide bonds. The number of halogens is 2. The molecule has 1 aliphatic rings. The van der Waals surface area contributed by atoms with Crippen LogP contribution in [0, 0.1) is 5.82 Å². The van der Waals surface area contributed by atoms with Crippen LogP contribution in [0.2, 0.25) is 0 Å². The Labute approximate surface area is 114 Å². The van der Waals surface area contributed by atoms with Gasteiger partial charge in [0.25, 0.3) is 0 Å². The van der Waals surface area contributed by atoms with E-state index in [1.807, 2.05) is 13.8 Å². The van der Waals surface area contributed by atoms with Gasteiger partial charge in [-0.15, -0.1) is 0 Å². The first-order valence-corrected chi connectivity index (χ1v) is 6.68. The van der Waals surface area contributed by atoms with Gasteiger partial charge in [-0.3, -0.25) is 4.79 Å². The molecule has 0 aromatic heterocycles. The molecular weight excluding hydrogens is 299 g/mol. The van der Waals surface area contributed by atoms with Crippen LogP contribution < -0.4 is 5.32 Å². The topological polar surface area (TPSA) is 32.3 Å². The number of hydrogen-bond donors (Lipinski definition) is 1. The summed E-state index contributed by atoms with van der Waals surface area (Å²) in [5, 5.41) is 3.18. The maximum absolute atomic E-state index is 13.1. The van der Waals surface area contributed by atoms with Crippen molar-refractivity contribution in [2.75, 3.05) is 13.1 Å². The lowest BCUT2D eigenvalue weighted by Crippen LogP contribution is -2.60. The zero-order valence-electron chi connectivity index (χ0n) is 10.5. The van der Waals surface area contributed by atoms with Gasteiger partial charge in [0.05, 0.1) is 10.0 Å². The molecule has 1 aliphatic heterocycles. The quantitative estimate of drug-likeness (QED) is 0.908. The molecule has 0 atom stereocenters. The summed E-state index contributed by atoms with van der Waals surface area (Å²) >= 11 is 3.16. The fraction of sp³-hybridized carbons (Fsp3) is 0.462. The molecule has 3 nitrogen and oxygen atoms in total. The van der Waals surface area contributed by atoms with E-state index in [2.05, 4.69) is 21.2 Å². The lowest BCUT2D eigenvalue weighted by molar-refractivity contribution is -0.140. The number of carbonyl (C=O) groups is 1. The van der Waals surface area contributed by atoms with Crippen molar-refractivity contribution in [1.29, 1.82) is 0 Å². The van der Waals surface area contributed by atoms with Gasteiger partial charge in [-0.2, -0.15) is 0 Å². The average molecular weight is 315 g/mol. The molecule has 1 heterocycles. The summed E-state index contributed by atoms with van der Waals surface area (Å²) in [5.41, 5.74) is 0.407. The highest BCUT2D eigenvalue weighted by atomic mass is 79.9. The number of piperazine rings is 1. The number of nitrogens with one attached hydrogen (secondary N) is 1. The Morgan fingerprint density at radius 1 is 1.50 bits per heavy atom. The summed E-state index contributed by atoms with van der Waals surface area (Å²) in [4.78, 5) is 14.0. The third-order valence-electron chi connectivity index (χ3n) is 3.13. The van der Waals surface area contributed by atoms with E-state index in [9.17, 15) is 9.18 Å². The van der Waals surface area contributed by atoms with E-state index in [1.165, 1.54) is 6.07 Å². The Balaban J connectivity index is 2.13. The highest BCUT2D eigenvalue weighted by Crippen LogP contribution is 2.20. The van der Waals surface area contributed by atoms with Crippen molar-refractivity contribution in [2.24, 2.45) is 0 Å². The molecule has 98 valence electrons. The van der Waals surface area contributed by atoms with Crippen molar-refractivity contribution < 1.29 is 9.18 Å². The highest BCUT2D eigenvalue weighted by molar-refractivity contribution is 9.10. The molecule has 18 heavy (non-hydrogen) atoms. The van der Waals surface area contributed by atoms with Crippen molar-refractivity contribution in [3.8, 4) is 0 Å². The smallest absolute Gasteiger partial charge is 0.242 e. The molecule has 0 bridgehead atoms. The molecule has 1 saturated heterocycles. The first-order chi connectivity index (χ1) is 8.40. The minimum Gasteiger partial charge on any atom is -0.336 e. The Hall–Kier alpha value is -0.940. The predicted octanol–water partition coefficient (Wildman–Crippen LogP) is 2.30. The number of rotatable bonds is 2. The number of hydrogen-bond acceptors (Lipinski definition) is 2. The fourth-order valence-electron chi connectivity index (χ4n) is 2.09. The van der Waals surface area contributed by atoms with Gasteiger partial charge >= 0.3 is 0 Å². The molecule has 0 radical (unpaired) electrons. The van der Waals surface area contributed by atoms with E-state index in [0.29, 0.717) is 17.6 Å². The maximum Gasteiger partial charge on any atom is 0.242 e. The minimum atomic E-state index is -0.518. The minimum absolute atomic E-state index is 0.0780. The number of amides is 1. The summed E-state index contributed by atoms with van der Waals surface area (Å²) in [5.74, 6) is -0.208. The number of carbonyl (C=O) groups excluding carboxylic acids is 1. The number of nitrogens with zero attached hydrogens (tertiary/aromatic N) is 1. The summed E-state index contributed by atoms with van der Waals surface area (Å²) in [6, 6.07) is 4.84. The monoisotopic (exact) mass is 314 g/mol. The van der Waals surface area contributed by atoms with Crippen LogP contribution in [0.4, 0.5) is 4.39 Å². The second-order valence-corrected chi connectivity index (χ2v) is 5.88. The summed E-state index contributed by atoms with van der Waals surface area (Å²) in [6.07, 6.45) is 0. The maximum atomic E-state index is 13.1. The van der Waals surface area contributed by atoms with Gasteiger partial charge < -0.3 is 10.2 Å². The van der Waals surface area contributed by atoms with Gasteiger partial charge in [-0.25, -0.2) is 4.39 Å². The summed E-state index contributed by atoms with van der Waals surface area (Å²) in [7, 11) is 0. The SMILES string of the molecule is CC1(C)NCCN(Cc2ccc(F)c(Br)c2)C1=O. The molecule has 1 N–H and O–H groups in total. The van der Waals surface area contributed by atoms with E-state index < -0.39 is 5.54 Å². The van der Waals surface area contributed by atoms with Crippen LogP contribution in [0.3, 0.4) is 0 Å². The molecule has 0 spiro atoms. The van der Waals surface area contributed by atoms with Crippen molar-refractivity contribution in [3.05, 3.63) is 34.1 Å². The van der Waals surface area contributed by atoms with Gasteiger partial charge in [-0.1, -0.05) is 6.07 Å². The van der Waals surface area contributed by atoms with Crippen LogP contribution in [0.1, 0.15) is 19.4 Å². The normalized spacial score (nSPS) is 19.1. The van der Waals surface area contributed by atoms with Crippen LogP contribution in [0.5, 0.6) is 0 Å². The zero-order valence-corrected chi connectivity index (χ0v) is 12.1. The van der Waals surface area contributed by atoms with Crippen LogP contribution in [-0.4, -0.2) is 29.4 Å². The van der Waals surface area contributed by atoms with Gasteiger partial charge in [0.2, 0.25) is 5.91 Å². The van der Waals surface area contributed by atoms with Gasteiger partial charge in [-0.05, 0) is 47.5 Å². The Morgan fingerprint density at radius 2 is 2.22 bits per heavy atom. The molecule has 0 aliphatic carbocycles. The fourth-order valence-corrected chi connectivity index (χ4v) is 2.51. The second-order valence-electron chi connectivity index (χ2n) is 5.03. The molecule has 0 unspecified atom stereocenters. The Bertz CT molecular complexity index is 476. The van der Waals surface area contributed by atoms with E-state index in [4.69, 9.17) is 0 Å². The van der Waals surface area contributed by atoms with E-state index in [1.54, 1.807) is 17.0 Å². The third kappa shape index (κ3) is 2.72. The summed E-state index contributed by atoms with van der Waals surface area (Å²) < 4.78 is 13.6. The average Bonchev–Trinajstić information content (AvgIpc) is 2.30. The zero-order chi connectivity index (χ0) is 13.3. The first kappa shape index (κ1) is 13.5. The van der Waals surface area contributed by atoms with Crippen molar-refractivity contribution >= 4 is 21.8 Å². The molecule has 1 aromatic carbocycles. The highest BCUT2D eigenvalue weighted by Gasteiger charge is 2.34. The van der Waals surface area contributed by atoms with E-state index in [0.717, 1.165) is 12.1 Å². The van der Waals surface area contributed by atoms with Crippen molar-refractivity contribution in [2.45, 2.75) is 25.9 Å². The molecule has 1 fully saturated rings. The molecular formula is C13H16BrFN2O. The van der Waals surface area contributed by atoms with Crippen LogP contribution in [0.25, 0.3) is 0 Å². The first-order valence-electron chi connectivity index (χ1n) is 5.88. The molecule has 1 aromatic rings. The lowest BCUT2D eigenvalue weighted by atomic mass is 10.0. The third-order valence-corrected chi connectivity index (χ3v) is 3.74. The van der Waals surface area contributed by atoms with Crippen molar-refractivity contribution in [1.82, 2.24) is 10.2 Å². The second kappa shape index (κ2) is 4.97. The largest absolute Gasteiger partial charge is 0.336 e. The van der Waals surface area contributed by atoms with Gasteiger partial charge in [0.1, 0.15) is 5.82 Å². The predicted molar refractivity (Wildman–Crippen MR) is 71.6 cm³/mol. The Kier molecular flexibility index (Phi) is 3.73. The van der Waals surface area contributed by atoms with Crippen LogP contribution >= 0.6 is 15.9 Å². The van der Waals surface area contributed by atoms with E-state index in [-0.39, 0.29) is 11.7 Å². The van der Waals surface area contributed by atoms with Gasteiger partial charge in [0.15, 0.2) is 0 Å². The number of benzene rings is 1. The van der Waals surface area contributed by atoms with E-state index >= 15 is 0 Å². The van der Waals surface area contributed by atoms with Crippen LogP contribution in [-0.2, 0) is 11.3 Å². The lowest BCUT2D eigenvalue weighted by Gasteiger charge is -2.38. The summed E-state index contributed by atoms with van der Waals surface area (Å²) in [6.45, 7) is 5.73. The van der Waals surface area contributed by atoms with Crippen LogP contribution in [0.15, 0.2) is 22.7 Å². The van der Waals surface area contributed by atoms with Crippen molar-refractivity contribution in [3.63, 3.8) is 0 Å².